The van der Waals surface area contributed by atoms with Crippen molar-refractivity contribution in [1.82, 2.24) is 19.9 Å². The number of aliphatic imine (C=N–C) groups is 1. The zero-order valence-electron chi connectivity index (χ0n) is 12.3. The summed E-state index contributed by atoms with van der Waals surface area (Å²) in [4.78, 5) is 21.7. The summed E-state index contributed by atoms with van der Waals surface area (Å²) >= 11 is 8.60. The van der Waals surface area contributed by atoms with Gasteiger partial charge in [0.1, 0.15) is 10.7 Å². The molecule has 8 N–H and O–H groups in total. The summed E-state index contributed by atoms with van der Waals surface area (Å²) in [5, 5.41) is 2.99. The Labute approximate surface area is 149 Å². The lowest BCUT2D eigenvalue weighted by molar-refractivity contribution is 1.21. The molecule has 0 saturated carbocycles. The molecule has 0 atom stereocenters. The largest absolute Gasteiger partial charge is 0.382 e. The first-order valence-electron chi connectivity index (χ1n) is 6.47. The van der Waals surface area contributed by atoms with Crippen LogP contribution in [0.4, 0.5) is 16.8 Å². The molecular weight excluding hydrogens is 370 g/mol. The lowest BCUT2D eigenvalue weighted by Gasteiger charge is -2.03. The minimum Gasteiger partial charge on any atom is -0.382 e. The van der Waals surface area contributed by atoms with E-state index in [1.807, 2.05) is 12.3 Å². The topological polar surface area (TPSA) is 168 Å². The zero-order chi connectivity index (χ0) is 17.4. The molecule has 0 saturated heterocycles. The molecule has 12 heteroatoms. The van der Waals surface area contributed by atoms with E-state index in [1.165, 1.54) is 22.7 Å². The van der Waals surface area contributed by atoms with Crippen molar-refractivity contribution in [2.24, 2.45) is 16.5 Å². The van der Waals surface area contributed by atoms with Crippen LogP contribution in [0.25, 0.3) is 21.3 Å². The van der Waals surface area contributed by atoms with Crippen LogP contribution < -0.4 is 22.9 Å². The van der Waals surface area contributed by atoms with Crippen LogP contribution in [0.1, 0.15) is 5.69 Å². The van der Waals surface area contributed by atoms with Crippen molar-refractivity contribution in [2.75, 3.05) is 11.5 Å². The third kappa shape index (κ3) is 3.09. The van der Waals surface area contributed by atoms with Gasteiger partial charge in [-0.3, -0.25) is 0 Å². The van der Waals surface area contributed by atoms with Crippen molar-refractivity contribution in [2.45, 2.75) is 6.92 Å². The number of hydrogen-bond donors (Lipinski definition) is 4. The van der Waals surface area contributed by atoms with Crippen LogP contribution in [0.15, 0.2) is 10.4 Å². The van der Waals surface area contributed by atoms with Gasteiger partial charge in [-0.1, -0.05) is 22.9 Å². The second-order valence-corrected chi connectivity index (χ2v) is 6.81. The molecule has 0 spiro atoms. The van der Waals surface area contributed by atoms with Gasteiger partial charge >= 0.3 is 0 Å². The zero-order valence-corrected chi connectivity index (χ0v) is 14.7. The molecule has 3 heterocycles. The van der Waals surface area contributed by atoms with Gasteiger partial charge in [0.15, 0.2) is 22.7 Å². The SMILES string of the molecule is Cc1nc(N=C(N)N)sc1-c1csc(-c2nc(Cl)c(N)nc2N)n1. The molecule has 124 valence electrons. The van der Waals surface area contributed by atoms with Crippen LogP contribution in [0.5, 0.6) is 0 Å². The van der Waals surface area contributed by atoms with Crippen molar-refractivity contribution in [3.63, 3.8) is 0 Å². The number of rotatable bonds is 3. The highest BCUT2D eigenvalue weighted by Crippen LogP contribution is 2.37. The number of anilines is 2. The number of halogens is 1. The first-order chi connectivity index (χ1) is 11.3. The molecule has 9 nitrogen and oxygen atoms in total. The summed E-state index contributed by atoms with van der Waals surface area (Å²) in [5.74, 6) is 0.198. The molecule has 0 aliphatic carbocycles. The van der Waals surface area contributed by atoms with E-state index in [0.717, 1.165) is 16.3 Å². The van der Waals surface area contributed by atoms with Crippen molar-refractivity contribution in [1.29, 1.82) is 0 Å². The molecular formula is C12H12ClN9S2. The molecule has 0 aliphatic rings. The van der Waals surface area contributed by atoms with Crippen molar-refractivity contribution < 1.29 is 0 Å². The highest BCUT2D eigenvalue weighted by atomic mass is 35.5. The number of nitrogens with zero attached hydrogens (tertiary/aromatic N) is 5. The predicted molar refractivity (Wildman–Crippen MR) is 98.3 cm³/mol. The summed E-state index contributed by atoms with van der Waals surface area (Å²) in [6, 6.07) is 0. The van der Waals surface area contributed by atoms with Crippen molar-refractivity contribution in [3.05, 3.63) is 16.2 Å². The number of aryl methyl sites for hydroxylation is 1. The predicted octanol–water partition coefficient (Wildman–Crippen LogP) is 1.75. The number of guanidine groups is 1. The Kier molecular flexibility index (Phi) is 4.22. The summed E-state index contributed by atoms with van der Waals surface area (Å²) in [6.45, 7) is 1.85. The van der Waals surface area contributed by atoms with Gasteiger partial charge in [0, 0.05) is 5.38 Å². The van der Waals surface area contributed by atoms with Gasteiger partial charge in [-0.05, 0) is 6.92 Å². The summed E-state index contributed by atoms with van der Waals surface area (Å²) in [7, 11) is 0. The molecule has 0 aromatic carbocycles. The third-order valence-electron chi connectivity index (χ3n) is 2.85. The summed E-state index contributed by atoms with van der Waals surface area (Å²) in [5.41, 5.74) is 24.1. The summed E-state index contributed by atoms with van der Waals surface area (Å²) in [6.07, 6.45) is 0. The Hall–Kier alpha value is -2.50. The van der Waals surface area contributed by atoms with Gasteiger partial charge in [-0.15, -0.1) is 11.3 Å². The van der Waals surface area contributed by atoms with E-state index in [0.29, 0.717) is 15.8 Å². The van der Waals surface area contributed by atoms with E-state index in [2.05, 4.69) is 24.9 Å². The van der Waals surface area contributed by atoms with E-state index in [1.54, 1.807) is 0 Å². The van der Waals surface area contributed by atoms with Crippen LogP contribution in [0.3, 0.4) is 0 Å². The molecule has 0 amide bonds. The van der Waals surface area contributed by atoms with E-state index in [-0.39, 0.29) is 22.7 Å². The monoisotopic (exact) mass is 381 g/mol. The Morgan fingerprint density at radius 2 is 1.88 bits per heavy atom. The van der Waals surface area contributed by atoms with Crippen LogP contribution >= 0.6 is 34.3 Å². The van der Waals surface area contributed by atoms with Crippen LogP contribution in [-0.2, 0) is 0 Å². The Morgan fingerprint density at radius 3 is 2.58 bits per heavy atom. The maximum Gasteiger partial charge on any atom is 0.213 e. The number of thiazole rings is 2. The molecule has 0 aliphatic heterocycles. The smallest absolute Gasteiger partial charge is 0.213 e. The standard InChI is InChI=1S/C12H12ClN9S2/c1-3-6(24-12(18-3)22-11(16)17)4-2-23-10(19-4)5-8(14)21-9(15)7(13)20-5/h2H,1H3,(H4,14,15,21)(H4,16,17,18,22). The first kappa shape index (κ1) is 16.4. The minimum absolute atomic E-state index is 0.0474. The third-order valence-corrected chi connectivity index (χ3v) is 5.06. The average molecular weight is 382 g/mol. The van der Waals surface area contributed by atoms with Gasteiger partial charge in [-0.25, -0.2) is 19.9 Å². The van der Waals surface area contributed by atoms with E-state index in [4.69, 9.17) is 34.5 Å². The molecule has 0 radical (unpaired) electrons. The number of aromatic nitrogens is 4. The first-order valence-corrected chi connectivity index (χ1v) is 8.54. The van der Waals surface area contributed by atoms with Gasteiger partial charge in [0.25, 0.3) is 0 Å². The highest BCUT2D eigenvalue weighted by Gasteiger charge is 2.17. The molecule has 24 heavy (non-hydrogen) atoms. The maximum absolute atomic E-state index is 5.91. The highest BCUT2D eigenvalue weighted by molar-refractivity contribution is 7.19. The molecule has 0 unspecified atom stereocenters. The van der Waals surface area contributed by atoms with E-state index < -0.39 is 0 Å². The Bertz CT molecular complexity index is 942. The quantitative estimate of drug-likeness (QED) is 0.392. The fraction of sp³-hybridized carbons (Fsp3) is 0.0833. The molecule has 0 bridgehead atoms. The Balaban J connectivity index is 2.02. The van der Waals surface area contributed by atoms with E-state index >= 15 is 0 Å². The Morgan fingerprint density at radius 1 is 1.12 bits per heavy atom. The number of nitrogen functional groups attached to an aromatic ring is 2. The van der Waals surface area contributed by atoms with Crippen LogP contribution in [0.2, 0.25) is 5.15 Å². The molecule has 3 aromatic rings. The normalized spacial score (nSPS) is 10.8. The van der Waals surface area contributed by atoms with E-state index in [9.17, 15) is 0 Å². The van der Waals surface area contributed by atoms with Crippen molar-refractivity contribution >= 4 is 57.0 Å². The fourth-order valence-electron chi connectivity index (χ4n) is 1.86. The lowest BCUT2D eigenvalue weighted by Crippen LogP contribution is -2.21. The summed E-state index contributed by atoms with van der Waals surface area (Å²) < 4.78 is 0. The van der Waals surface area contributed by atoms with Gasteiger partial charge in [0.2, 0.25) is 5.13 Å². The van der Waals surface area contributed by atoms with Gasteiger partial charge in [-0.2, -0.15) is 4.99 Å². The van der Waals surface area contributed by atoms with Crippen LogP contribution in [0, 0.1) is 6.92 Å². The lowest BCUT2D eigenvalue weighted by atomic mass is 10.3. The fourth-order valence-corrected chi connectivity index (χ4v) is 3.79. The van der Waals surface area contributed by atoms with Crippen LogP contribution in [-0.4, -0.2) is 25.9 Å². The molecule has 3 rings (SSSR count). The molecule has 0 fully saturated rings. The minimum atomic E-state index is -0.0474. The number of nitrogens with two attached hydrogens (primary N) is 4. The maximum atomic E-state index is 5.91. The molecule has 3 aromatic heterocycles. The average Bonchev–Trinajstić information content (AvgIpc) is 3.09. The second kappa shape index (κ2) is 6.19. The number of hydrogen-bond acceptors (Lipinski definition) is 9. The van der Waals surface area contributed by atoms with Gasteiger partial charge in [0.05, 0.1) is 16.3 Å². The van der Waals surface area contributed by atoms with Crippen molar-refractivity contribution in [3.8, 4) is 21.3 Å². The van der Waals surface area contributed by atoms with Gasteiger partial charge < -0.3 is 22.9 Å². The second-order valence-electron chi connectivity index (χ2n) is 4.62.